The summed E-state index contributed by atoms with van der Waals surface area (Å²) in [6.45, 7) is 7.16. The van der Waals surface area contributed by atoms with E-state index in [1.165, 1.54) is 11.8 Å². The smallest absolute Gasteiger partial charge is 0.230 e. The van der Waals surface area contributed by atoms with E-state index in [9.17, 15) is 4.79 Å². The van der Waals surface area contributed by atoms with E-state index in [0.717, 1.165) is 28.5 Å². The van der Waals surface area contributed by atoms with Gasteiger partial charge in [-0.15, -0.1) is 10.2 Å². The zero-order valence-electron chi connectivity index (χ0n) is 17.5. The average Bonchev–Trinajstić information content (AvgIpc) is 3.21. The predicted molar refractivity (Wildman–Crippen MR) is 118 cm³/mol. The van der Waals surface area contributed by atoms with E-state index in [-0.39, 0.29) is 17.7 Å². The summed E-state index contributed by atoms with van der Waals surface area (Å²) < 4.78 is 7.51. The minimum Gasteiger partial charge on any atom is -0.478 e. The van der Waals surface area contributed by atoms with Crippen molar-refractivity contribution in [1.29, 1.82) is 0 Å². The minimum absolute atomic E-state index is 0.0604. The summed E-state index contributed by atoms with van der Waals surface area (Å²) in [5.41, 5.74) is 1.96. The van der Waals surface area contributed by atoms with Crippen LogP contribution < -0.4 is 10.1 Å². The number of nitrogens with one attached hydrogen (secondary N) is 1. The van der Waals surface area contributed by atoms with Crippen molar-refractivity contribution in [2.24, 2.45) is 0 Å². The second-order valence-corrected chi connectivity index (χ2v) is 7.74. The van der Waals surface area contributed by atoms with Gasteiger partial charge in [0.25, 0.3) is 0 Å². The maximum Gasteiger partial charge on any atom is 0.230 e. The molecule has 8 heteroatoms. The molecule has 2 aromatic heterocycles. The molecule has 3 aromatic rings. The molecule has 0 bridgehead atoms. The summed E-state index contributed by atoms with van der Waals surface area (Å²) in [4.78, 5) is 16.5. The second-order valence-electron chi connectivity index (χ2n) is 6.80. The molecule has 158 valence electrons. The van der Waals surface area contributed by atoms with E-state index < -0.39 is 0 Å². The van der Waals surface area contributed by atoms with Gasteiger partial charge in [0.15, 0.2) is 11.0 Å². The van der Waals surface area contributed by atoms with E-state index in [0.29, 0.717) is 19.0 Å². The fourth-order valence-electron chi connectivity index (χ4n) is 2.91. The molecule has 2 heterocycles. The molecule has 30 heavy (non-hydrogen) atoms. The fraction of sp³-hybridized carbons (Fsp3) is 0.364. The molecular formula is C22H27N5O2S. The fourth-order valence-corrected chi connectivity index (χ4v) is 3.77. The standard InChI is InChI=1S/C22H27N5O2S/c1-4-16(3)27-21(18-9-7-6-8-10-18)25-26-22(27)30-15-19(28)24-14-17-11-12-23-20(13-17)29-5-2/h6-13,16H,4-5,14-15H2,1-3H3,(H,24,28). The van der Waals surface area contributed by atoms with Crippen molar-refractivity contribution in [3.8, 4) is 17.3 Å². The van der Waals surface area contributed by atoms with Gasteiger partial charge < -0.3 is 10.1 Å². The lowest BCUT2D eigenvalue weighted by Crippen LogP contribution is -2.24. The molecule has 0 saturated heterocycles. The average molecular weight is 426 g/mol. The monoisotopic (exact) mass is 425 g/mol. The van der Waals surface area contributed by atoms with Crippen LogP contribution in [0, 0.1) is 0 Å². The summed E-state index contributed by atoms with van der Waals surface area (Å²) in [6.07, 6.45) is 2.63. The SMILES string of the molecule is CCOc1cc(CNC(=O)CSc2nnc(-c3ccccc3)n2C(C)CC)ccn1. The molecule has 1 N–H and O–H groups in total. The summed E-state index contributed by atoms with van der Waals surface area (Å²) in [5.74, 6) is 1.60. The molecule has 0 aliphatic carbocycles. The molecule has 1 atom stereocenters. The quantitative estimate of drug-likeness (QED) is 0.492. The number of hydrogen-bond acceptors (Lipinski definition) is 6. The lowest BCUT2D eigenvalue weighted by molar-refractivity contribution is -0.118. The number of aromatic nitrogens is 4. The van der Waals surface area contributed by atoms with Crippen LogP contribution in [0.1, 0.15) is 38.8 Å². The molecule has 1 aromatic carbocycles. The van der Waals surface area contributed by atoms with Crippen LogP contribution in [0.2, 0.25) is 0 Å². The van der Waals surface area contributed by atoms with Crippen molar-refractivity contribution >= 4 is 17.7 Å². The Balaban J connectivity index is 1.63. The molecule has 0 fully saturated rings. The lowest BCUT2D eigenvalue weighted by atomic mass is 10.2. The Bertz CT molecular complexity index is 961. The third-order valence-electron chi connectivity index (χ3n) is 4.64. The molecular weight excluding hydrogens is 398 g/mol. The number of carbonyl (C=O) groups is 1. The largest absolute Gasteiger partial charge is 0.478 e. The number of thioether (sulfide) groups is 1. The van der Waals surface area contributed by atoms with E-state index in [4.69, 9.17) is 4.74 Å². The highest BCUT2D eigenvalue weighted by Gasteiger charge is 2.19. The highest BCUT2D eigenvalue weighted by molar-refractivity contribution is 7.99. The van der Waals surface area contributed by atoms with Gasteiger partial charge in [-0.05, 0) is 31.9 Å². The third-order valence-corrected chi connectivity index (χ3v) is 5.58. The number of nitrogens with zero attached hydrogens (tertiary/aromatic N) is 4. The Morgan fingerprint density at radius 1 is 1.20 bits per heavy atom. The molecule has 0 radical (unpaired) electrons. The number of hydrogen-bond donors (Lipinski definition) is 1. The number of rotatable bonds is 10. The predicted octanol–water partition coefficient (Wildman–Crippen LogP) is 4.12. The van der Waals surface area contributed by atoms with E-state index in [1.54, 1.807) is 6.20 Å². The summed E-state index contributed by atoms with van der Waals surface area (Å²) >= 11 is 1.40. The molecule has 0 saturated carbocycles. The van der Waals surface area contributed by atoms with Crippen LogP contribution in [-0.2, 0) is 11.3 Å². The van der Waals surface area contributed by atoms with E-state index >= 15 is 0 Å². The lowest BCUT2D eigenvalue weighted by Gasteiger charge is -2.16. The molecule has 0 aliphatic rings. The van der Waals surface area contributed by atoms with Crippen molar-refractivity contribution in [2.45, 2.75) is 44.9 Å². The highest BCUT2D eigenvalue weighted by atomic mass is 32.2. The highest BCUT2D eigenvalue weighted by Crippen LogP contribution is 2.28. The Morgan fingerprint density at radius 2 is 2.00 bits per heavy atom. The molecule has 1 unspecified atom stereocenters. The molecule has 0 spiro atoms. The van der Waals surface area contributed by atoms with Gasteiger partial charge >= 0.3 is 0 Å². The van der Waals surface area contributed by atoms with Gasteiger partial charge in [-0.1, -0.05) is 49.0 Å². The van der Waals surface area contributed by atoms with E-state index in [1.807, 2.05) is 49.4 Å². The maximum atomic E-state index is 12.4. The van der Waals surface area contributed by atoms with Crippen molar-refractivity contribution in [3.05, 3.63) is 54.2 Å². The molecule has 7 nitrogen and oxygen atoms in total. The first-order valence-corrected chi connectivity index (χ1v) is 11.1. The summed E-state index contributed by atoms with van der Waals surface area (Å²) in [7, 11) is 0. The zero-order chi connectivity index (χ0) is 21.3. The second kappa shape index (κ2) is 10.8. The van der Waals surface area contributed by atoms with Crippen molar-refractivity contribution < 1.29 is 9.53 Å². The van der Waals surface area contributed by atoms with E-state index in [2.05, 4.69) is 38.9 Å². The van der Waals surface area contributed by atoms with Gasteiger partial charge in [0.05, 0.1) is 12.4 Å². The topological polar surface area (TPSA) is 81.9 Å². The van der Waals surface area contributed by atoms with Crippen LogP contribution in [0.3, 0.4) is 0 Å². The van der Waals surface area contributed by atoms with Gasteiger partial charge in [-0.3, -0.25) is 9.36 Å². The van der Waals surface area contributed by atoms with Gasteiger partial charge in [0.1, 0.15) is 0 Å². The molecule has 3 rings (SSSR count). The number of ether oxygens (including phenoxy) is 1. The third kappa shape index (κ3) is 5.60. The Kier molecular flexibility index (Phi) is 7.84. The number of benzene rings is 1. The van der Waals surface area contributed by atoms with Crippen molar-refractivity contribution in [3.63, 3.8) is 0 Å². The Labute approximate surface area is 181 Å². The number of carbonyl (C=O) groups excluding carboxylic acids is 1. The number of amides is 1. The zero-order valence-corrected chi connectivity index (χ0v) is 18.4. The van der Waals surface area contributed by atoms with Gasteiger partial charge in [0.2, 0.25) is 11.8 Å². The van der Waals surface area contributed by atoms with Gasteiger partial charge in [-0.25, -0.2) is 4.98 Å². The van der Waals surface area contributed by atoms with Crippen molar-refractivity contribution in [1.82, 2.24) is 25.1 Å². The Hall–Kier alpha value is -2.87. The Morgan fingerprint density at radius 3 is 2.73 bits per heavy atom. The normalized spacial score (nSPS) is 11.8. The first-order chi connectivity index (χ1) is 14.6. The first-order valence-electron chi connectivity index (χ1n) is 10.1. The van der Waals surface area contributed by atoms with Gasteiger partial charge in [-0.2, -0.15) is 0 Å². The summed E-state index contributed by atoms with van der Waals surface area (Å²) in [6, 6.07) is 13.9. The number of pyridine rings is 1. The van der Waals surface area contributed by atoms with Crippen LogP contribution in [-0.4, -0.2) is 38.0 Å². The van der Waals surface area contributed by atoms with Gasteiger partial charge in [0, 0.05) is 30.4 Å². The first kappa shape index (κ1) is 21.8. The minimum atomic E-state index is -0.0604. The van der Waals surface area contributed by atoms with Crippen LogP contribution in [0.25, 0.3) is 11.4 Å². The molecule has 1 amide bonds. The van der Waals surface area contributed by atoms with Crippen LogP contribution in [0.4, 0.5) is 0 Å². The van der Waals surface area contributed by atoms with Crippen LogP contribution >= 0.6 is 11.8 Å². The van der Waals surface area contributed by atoms with Crippen LogP contribution in [0.15, 0.2) is 53.8 Å². The summed E-state index contributed by atoms with van der Waals surface area (Å²) in [5, 5.41) is 12.4. The maximum absolute atomic E-state index is 12.4. The van der Waals surface area contributed by atoms with Crippen molar-refractivity contribution in [2.75, 3.05) is 12.4 Å². The van der Waals surface area contributed by atoms with Crippen LogP contribution in [0.5, 0.6) is 5.88 Å². The molecule has 0 aliphatic heterocycles.